The van der Waals surface area contributed by atoms with Crippen LogP contribution in [0, 0.1) is 0 Å². The van der Waals surface area contributed by atoms with E-state index in [-0.39, 0.29) is 83.8 Å². The Balaban J connectivity index is 1.40. The van der Waals surface area contributed by atoms with Gasteiger partial charge in [-0.2, -0.15) is 4.31 Å². The summed E-state index contributed by atoms with van der Waals surface area (Å²) in [5, 5.41) is 3.78. The molecule has 3 aliphatic rings. The van der Waals surface area contributed by atoms with Crippen molar-refractivity contribution >= 4 is 56.6 Å². The molecule has 0 spiro atoms. The Morgan fingerprint density at radius 2 is 1.76 bits per heavy atom. The second-order valence-electron chi connectivity index (χ2n) is 9.47. The van der Waals surface area contributed by atoms with Crippen molar-refractivity contribution in [2.24, 2.45) is 0 Å². The molecule has 2 amide bonds. The Bertz CT molecular complexity index is 1100. The number of benzene rings is 1. The number of nitrogens with zero attached hydrogens (tertiary/aromatic N) is 4. The van der Waals surface area contributed by atoms with Crippen molar-refractivity contribution in [1.82, 2.24) is 24.3 Å². The Labute approximate surface area is 232 Å². The van der Waals surface area contributed by atoms with Crippen molar-refractivity contribution in [2.45, 2.75) is 18.9 Å². The highest BCUT2D eigenvalue weighted by molar-refractivity contribution is 7.89. The fourth-order valence-electron chi connectivity index (χ4n) is 4.90. The Morgan fingerprint density at radius 1 is 1.03 bits per heavy atom. The van der Waals surface area contributed by atoms with E-state index in [1.807, 2.05) is 0 Å². The number of carbonyl (C=O) groups is 2. The summed E-state index contributed by atoms with van der Waals surface area (Å²) in [4.78, 5) is 30.8. The quantitative estimate of drug-likeness (QED) is 0.430. The van der Waals surface area contributed by atoms with Crippen LogP contribution < -0.4 is 10.1 Å². The molecule has 1 aromatic rings. The maximum absolute atomic E-state index is 13.2. The number of ether oxygens (including phenoxy) is 1. The Kier molecular flexibility index (Phi) is 9.82. The first-order chi connectivity index (χ1) is 17.6. The molecule has 3 heterocycles. The number of carbonyl (C=O) groups excluding carboxylic acids is 2. The first-order valence-electron chi connectivity index (χ1n) is 12.4. The summed E-state index contributed by atoms with van der Waals surface area (Å²) in [5.74, 6) is -0.230. The summed E-state index contributed by atoms with van der Waals surface area (Å²) in [6.45, 7) is 4.36. The molecule has 3 saturated heterocycles. The third-order valence-corrected chi connectivity index (χ3v) is 9.79. The fourth-order valence-corrected chi connectivity index (χ4v) is 6.96. The molecule has 14 heteroatoms. The number of likely N-dealkylation sites (tertiary alicyclic amines) is 1. The van der Waals surface area contributed by atoms with Gasteiger partial charge < -0.3 is 24.8 Å². The number of hydrogen-bond acceptors (Lipinski definition) is 7. The lowest BCUT2D eigenvalue weighted by Gasteiger charge is -2.42. The topological polar surface area (TPSA) is 102 Å². The minimum absolute atomic E-state index is 0.0918. The normalized spacial score (nSPS) is 22.0. The van der Waals surface area contributed by atoms with Crippen LogP contribution in [0.4, 0.5) is 0 Å². The van der Waals surface area contributed by atoms with Gasteiger partial charge in [-0.3, -0.25) is 9.59 Å². The maximum atomic E-state index is 13.2. The predicted octanol–water partition coefficient (Wildman–Crippen LogP) is 1.40. The molecule has 3 fully saturated rings. The predicted molar refractivity (Wildman–Crippen MR) is 143 cm³/mol. The molecule has 0 bridgehead atoms. The van der Waals surface area contributed by atoms with E-state index in [1.165, 1.54) is 16.4 Å². The zero-order chi connectivity index (χ0) is 26.6. The number of nitrogens with one attached hydrogen (secondary N) is 1. The molecule has 4 rings (SSSR count). The van der Waals surface area contributed by atoms with E-state index in [1.54, 1.807) is 9.80 Å². The fraction of sp³-hybridized carbons (Fsp3) is 0.652. The lowest BCUT2D eigenvalue weighted by atomic mass is 10.1. The van der Waals surface area contributed by atoms with Crippen LogP contribution in [0.15, 0.2) is 12.1 Å². The number of rotatable bonds is 9. The Morgan fingerprint density at radius 3 is 2.49 bits per heavy atom. The minimum Gasteiger partial charge on any atom is -0.482 e. The van der Waals surface area contributed by atoms with E-state index in [0.717, 1.165) is 25.9 Å². The third kappa shape index (κ3) is 7.40. The van der Waals surface area contributed by atoms with Crippen LogP contribution in [0.2, 0.25) is 15.1 Å². The zero-order valence-corrected chi connectivity index (χ0v) is 23.6. The lowest BCUT2D eigenvalue weighted by molar-refractivity contribution is -0.138. The van der Waals surface area contributed by atoms with Gasteiger partial charge >= 0.3 is 0 Å². The van der Waals surface area contributed by atoms with Crippen LogP contribution >= 0.6 is 34.8 Å². The van der Waals surface area contributed by atoms with E-state index < -0.39 is 10.0 Å². The summed E-state index contributed by atoms with van der Waals surface area (Å²) in [6.07, 6.45) is 2.17. The molecule has 3 aliphatic heterocycles. The molecule has 0 saturated carbocycles. The van der Waals surface area contributed by atoms with Gasteiger partial charge in [-0.05, 0) is 32.0 Å². The smallest absolute Gasteiger partial charge is 0.260 e. The largest absolute Gasteiger partial charge is 0.482 e. The van der Waals surface area contributed by atoms with Crippen LogP contribution in [0.5, 0.6) is 5.75 Å². The summed E-state index contributed by atoms with van der Waals surface area (Å²) >= 11 is 18.2. The molecule has 1 aromatic carbocycles. The number of halogens is 3. The molecular formula is C23H32Cl3N5O5S. The summed E-state index contributed by atoms with van der Waals surface area (Å²) in [7, 11) is -3.60. The molecule has 37 heavy (non-hydrogen) atoms. The SMILES string of the molecule is O=C1CNCCN1CCS(=O)(=O)N1CCN(C(=O)COc2cc(Cl)c(Cl)cc2Cl)[C@@H](CN2CCCC2)C1. The monoisotopic (exact) mass is 595 g/mol. The molecule has 1 N–H and O–H groups in total. The molecule has 0 unspecified atom stereocenters. The summed E-state index contributed by atoms with van der Waals surface area (Å²) in [6, 6.07) is 2.61. The van der Waals surface area contributed by atoms with Crippen LogP contribution in [-0.4, -0.2) is 123 Å². The van der Waals surface area contributed by atoms with Crippen molar-refractivity contribution in [1.29, 1.82) is 0 Å². The third-order valence-electron chi connectivity index (χ3n) is 6.96. The van der Waals surface area contributed by atoms with E-state index in [2.05, 4.69) is 10.2 Å². The average Bonchev–Trinajstić information content (AvgIpc) is 3.38. The Hall–Kier alpha value is -1.34. The van der Waals surface area contributed by atoms with E-state index >= 15 is 0 Å². The van der Waals surface area contributed by atoms with Crippen LogP contribution in [0.1, 0.15) is 12.8 Å². The van der Waals surface area contributed by atoms with Gasteiger partial charge in [0.15, 0.2) is 6.61 Å². The molecule has 206 valence electrons. The van der Waals surface area contributed by atoms with Crippen molar-refractivity contribution in [2.75, 3.05) is 77.8 Å². The van der Waals surface area contributed by atoms with E-state index in [0.29, 0.717) is 19.6 Å². The van der Waals surface area contributed by atoms with Gasteiger partial charge in [-0.25, -0.2) is 8.42 Å². The lowest BCUT2D eigenvalue weighted by Crippen LogP contribution is -2.61. The maximum Gasteiger partial charge on any atom is 0.260 e. The van der Waals surface area contributed by atoms with Gasteiger partial charge in [0.05, 0.1) is 33.4 Å². The minimum atomic E-state index is -3.60. The van der Waals surface area contributed by atoms with Gasteiger partial charge in [-0.15, -0.1) is 0 Å². The summed E-state index contributed by atoms with van der Waals surface area (Å²) < 4.78 is 33.5. The number of amides is 2. The second kappa shape index (κ2) is 12.7. The van der Waals surface area contributed by atoms with Crippen molar-refractivity contribution in [3.63, 3.8) is 0 Å². The standard InChI is InChI=1S/C23H32Cl3N5O5S/c24-18-11-20(26)21(12-19(18)25)36-16-23(33)31-8-7-30(15-17(31)14-28-4-1-2-5-28)37(34,35)10-9-29-6-3-27-13-22(29)32/h11-12,17,27H,1-10,13-16H2/t17-/m0/s1. The van der Waals surface area contributed by atoms with Crippen LogP contribution in [0.3, 0.4) is 0 Å². The van der Waals surface area contributed by atoms with Crippen molar-refractivity contribution < 1.29 is 22.7 Å². The molecule has 0 radical (unpaired) electrons. The van der Waals surface area contributed by atoms with Gasteiger partial charge in [0.25, 0.3) is 5.91 Å². The molecule has 10 nitrogen and oxygen atoms in total. The molecule has 0 aliphatic carbocycles. The van der Waals surface area contributed by atoms with Gasteiger partial charge in [0.1, 0.15) is 5.75 Å². The van der Waals surface area contributed by atoms with Crippen LogP contribution in [-0.2, 0) is 19.6 Å². The van der Waals surface area contributed by atoms with Gasteiger partial charge in [0.2, 0.25) is 15.9 Å². The number of sulfonamides is 1. The highest BCUT2D eigenvalue weighted by atomic mass is 35.5. The first kappa shape index (κ1) is 28.7. The van der Waals surface area contributed by atoms with E-state index in [9.17, 15) is 18.0 Å². The van der Waals surface area contributed by atoms with E-state index in [4.69, 9.17) is 39.5 Å². The van der Waals surface area contributed by atoms with Crippen molar-refractivity contribution in [3.8, 4) is 5.75 Å². The first-order valence-corrected chi connectivity index (χ1v) is 15.1. The highest BCUT2D eigenvalue weighted by Gasteiger charge is 2.37. The second-order valence-corrected chi connectivity index (χ2v) is 12.8. The zero-order valence-electron chi connectivity index (χ0n) is 20.5. The van der Waals surface area contributed by atoms with Gasteiger partial charge in [0, 0.05) is 51.9 Å². The highest BCUT2D eigenvalue weighted by Crippen LogP contribution is 2.34. The van der Waals surface area contributed by atoms with Crippen LogP contribution in [0.25, 0.3) is 0 Å². The molecule has 0 aromatic heterocycles. The number of hydrogen-bond donors (Lipinski definition) is 1. The molecular weight excluding hydrogens is 565 g/mol. The molecule has 1 atom stereocenters. The van der Waals surface area contributed by atoms with Crippen molar-refractivity contribution in [3.05, 3.63) is 27.2 Å². The average molecular weight is 597 g/mol. The van der Waals surface area contributed by atoms with Gasteiger partial charge in [-0.1, -0.05) is 34.8 Å². The summed E-state index contributed by atoms with van der Waals surface area (Å²) in [5.41, 5.74) is 0. The number of piperazine rings is 2.